The molecule has 4 heteroatoms. The summed E-state index contributed by atoms with van der Waals surface area (Å²) in [4.78, 5) is 2.37. The summed E-state index contributed by atoms with van der Waals surface area (Å²) >= 11 is 7.98. The maximum Gasteiger partial charge on any atom is 0.0499 e. The highest BCUT2D eigenvalue weighted by molar-refractivity contribution is 7.98. The largest absolute Gasteiger partial charge is 0.326 e. The molecular formula is C15H25ClN2S. The third-order valence-corrected chi connectivity index (χ3v) is 4.66. The minimum absolute atomic E-state index is 0.118. The second-order valence-electron chi connectivity index (χ2n) is 5.04. The normalized spacial score (nSPS) is 16.4. The highest BCUT2D eigenvalue weighted by Gasteiger charge is 2.26. The Kier molecular flexibility index (Phi) is 7.22. The van der Waals surface area contributed by atoms with Crippen molar-refractivity contribution in [3.05, 3.63) is 34.9 Å². The first kappa shape index (κ1) is 16.8. The summed E-state index contributed by atoms with van der Waals surface area (Å²) in [7, 11) is 2.15. The van der Waals surface area contributed by atoms with Gasteiger partial charge in [-0.2, -0.15) is 11.8 Å². The van der Waals surface area contributed by atoms with Crippen molar-refractivity contribution >= 4 is 23.4 Å². The molecule has 0 amide bonds. The molecule has 0 saturated carbocycles. The first-order chi connectivity index (χ1) is 9.01. The molecule has 0 fully saturated rings. The van der Waals surface area contributed by atoms with Crippen LogP contribution in [0.1, 0.15) is 31.9 Å². The second-order valence-corrected chi connectivity index (χ2v) is 6.39. The standard InChI is InChI=1S/C15H25ClN2S/c1-5-14(17)15(18(3)11(2)10-19-4)12-7-6-8-13(16)9-12/h6-9,11,14-15H,5,10,17H2,1-4H3. The van der Waals surface area contributed by atoms with E-state index in [1.807, 2.05) is 30.0 Å². The van der Waals surface area contributed by atoms with Crippen LogP contribution < -0.4 is 5.73 Å². The molecule has 0 aliphatic heterocycles. The van der Waals surface area contributed by atoms with Crippen LogP contribution in [-0.2, 0) is 0 Å². The molecule has 2 nitrogen and oxygen atoms in total. The number of hydrogen-bond donors (Lipinski definition) is 1. The highest BCUT2D eigenvalue weighted by Crippen LogP contribution is 2.28. The Morgan fingerprint density at radius 3 is 2.63 bits per heavy atom. The van der Waals surface area contributed by atoms with Crippen LogP contribution in [0.15, 0.2) is 24.3 Å². The number of thioether (sulfide) groups is 1. The van der Waals surface area contributed by atoms with E-state index >= 15 is 0 Å². The monoisotopic (exact) mass is 300 g/mol. The molecule has 1 aromatic carbocycles. The molecule has 19 heavy (non-hydrogen) atoms. The van der Waals surface area contributed by atoms with Crippen molar-refractivity contribution in [2.45, 2.75) is 38.4 Å². The second kappa shape index (κ2) is 8.15. The summed E-state index contributed by atoms with van der Waals surface area (Å²) in [5, 5.41) is 0.775. The van der Waals surface area contributed by atoms with E-state index in [9.17, 15) is 0 Å². The molecule has 1 rings (SSSR count). The number of halogens is 1. The molecule has 0 bridgehead atoms. The Labute approximate surface area is 126 Å². The van der Waals surface area contributed by atoms with Crippen molar-refractivity contribution in [1.29, 1.82) is 0 Å². The van der Waals surface area contributed by atoms with E-state index < -0.39 is 0 Å². The summed E-state index contributed by atoms with van der Waals surface area (Å²) < 4.78 is 0. The summed E-state index contributed by atoms with van der Waals surface area (Å²) in [5.41, 5.74) is 7.55. The van der Waals surface area contributed by atoms with Gasteiger partial charge in [0.2, 0.25) is 0 Å². The van der Waals surface area contributed by atoms with Gasteiger partial charge in [0, 0.05) is 28.9 Å². The Morgan fingerprint density at radius 2 is 2.11 bits per heavy atom. The van der Waals surface area contributed by atoms with Crippen molar-refractivity contribution in [1.82, 2.24) is 4.90 Å². The average Bonchev–Trinajstić information content (AvgIpc) is 2.39. The van der Waals surface area contributed by atoms with Crippen LogP contribution in [0.4, 0.5) is 0 Å². The topological polar surface area (TPSA) is 29.3 Å². The van der Waals surface area contributed by atoms with Crippen LogP contribution in [0.5, 0.6) is 0 Å². The SMILES string of the molecule is CCC(N)C(c1cccc(Cl)c1)N(C)C(C)CSC. The van der Waals surface area contributed by atoms with Gasteiger partial charge in [-0.3, -0.25) is 4.90 Å². The van der Waals surface area contributed by atoms with Crippen molar-refractivity contribution in [2.75, 3.05) is 19.1 Å². The number of rotatable bonds is 7. The zero-order valence-electron chi connectivity index (χ0n) is 12.3. The van der Waals surface area contributed by atoms with Gasteiger partial charge in [-0.25, -0.2) is 0 Å². The van der Waals surface area contributed by atoms with E-state index in [2.05, 4.69) is 38.1 Å². The molecular weight excluding hydrogens is 276 g/mol. The van der Waals surface area contributed by atoms with Crippen LogP contribution in [0, 0.1) is 0 Å². The van der Waals surface area contributed by atoms with E-state index in [-0.39, 0.29) is 12.1 Å². The van der Waals surface area contributed by atoms with Crippen LogP contribution in [0.3, 0.4) is 0 Å². The third kappa shape index (κ3) is 4.67. The molecule has 0 heterocycles. The zero-order chi connectivity index (χ0) is 14.4. The molecule has 3 atom stereocenters. The van der Waals surface area contributed by atoms with Crippen molar-refractivity contribution in [3.63, 3.8) is 0 Å². The van der Waals surface area contributed by atoms with E-state index in [4.69, 9.17) is 17.3 Å². The number of hydrogen-bond acceptors (Lipinski definition) is 3. The van der Waals surface area contributed by atoms with Crippen LogP contribution in [0.25, 0.3) is 0 Å². The Balaban J connectivity index is 3.01. The van der Waals surface area contributed by atoms with Gasteiger partial charge in [-0.15, -0.1) is 0 Å². The fourth-order valence-electron chi connectivity index (χ4n) is 2.33. The van der Waals surface area contributed by atoms with Gasteiger partial charge in [0.05, 0.1) is 0 Å². The lowest BCUT2D eigenvalue weighted by molar-refractivity contribution is 0.171. The van der Waals surface area contributed by atoms with E-state index in [1.165, 1.54) is 5.56 Å². The maximum atomic E-state index is 6.34. The fraction of sp³-hybridized carbons (Fsp3) is 0.600. The minimum Gasteiger partial charge on any atom is -0.326 e. The van der Waals surface area contributed by atoms with E-state index in [1.54, 1.807) is 0 Å². The number of likely N-dealkylation sites (N-methyl/N-ethyl adjacent to an activating group) is 1. The quantitative estimate of drug-likeness (QED) is 0.830. The summed E-state index contributed by atoms with van der Waals surface area (Å²) in [6.07, 6.45) is 3.09. The average molecular weight is 301 g/mol. The Hall–Kier alpha value is -0.220. The number of nitrogens with zero attached hydrogens (tertiary/aromatic N) is 1. The first-order valence-electron chi connectivity index (χ1n) is 6.73. The van der Waals surface area contributed by atoms with Gasteiger partial charge >= 0.3 is 0 Å². The lowest BCUT2D eigenvalue weighted by atomic mass is 9.96. The Bertz CT molecular complexity index is 386. The van der Waals surface area contributed by atoms with Crippen LogP contribution in [-0.4, -0.2) is 36.0 Å². The van der Waals surface area contributed by atoms with Gasteiger partial charge in [0.15, 0.2) is 0 Å². The van der Waals surface area contributed by atoms with Crippen molar-refractivity contribution in [2.24, 2.45) is 5.73 Å². The molecule has 1 aromatic rings. The predicted molar refractivity (Wildman–Crippen MR) is 88.1 cm³/mol. The van der Waals surface area contributed by atoms with Gasteiger partial charge in [-0.1, -0.05) is 30.7 Å². The first-order valence-corrected chi connectivity index (χ1v) is 8.50. The maximum absolute atomic E-state index is 6.34. The van der Waals surface area contributed by atoms with Gasteiger partial charge in [-0.05, 0) is 44.3 Å². The number of nitrogens with two attached hydrogens (primary N) is 1. The summed E-state index contributed by atoms with van der Waals surface area (Å²) in [5.74, 6) is 1.10. The molecule has 0 saturated heterocycles. The molecule has 0 aromatic heterocycles. The summed E-state index contributed by atoms with van der Waals surface area (Å²) in [6.45, 7) is 4.38. The summed E-state index contributed by atoms with van der Waals surface area (Å²) in [6, 6.07) is 8.87. The molecule has 2 N–H and O–H groups in total. The fourth-order valence-corrected chi connectivity index (χ4v) is 3.25. The van der Waals surface area contributed by atoms with Gasteiger partial charge in [0.25, 0.3) is 0 Å². The zero-order valence-corrected chi connectivity index (χ0v) is 13.8. The third-order valence-electron chi connectivity index (χ3n) is 3.61. The lowest BCUT2D eigenvalue weighted by Gasteiger charge is -2.36. The molecule has 3 unspecified atom stereocenters. The lowest BCUT2D eigenvalue weighted by Crippen LogP contribution is -2.43. The van der Waals surface area contributed by atoms with E-state index in [0.717, 1.165) is 17.2 Å². The smallest absolute Gasteiger partial charge is 0.0499 e. The molecule has 0 radical (unpaired) electrons. The van der Waals surface area contributed by atoms with Crippen molar-refractivity contribution < 1.29 is 0 Å². The Morgan fingerprint density at radius 1 is 1.42 bits per heavy atom. The van der Waals surface area contributed by atoms with Crippen LogP contribution in [0.2, 0.25) is 5.02 Å². The van der Waals surface area contributed by atoms with Crippen molar-refractivity contribution in [3.8, 4) is 0 Å². The minimum atomic E-state index is 0.118. The molecule has 0 aliphatic rings. The number of benzene rings is 1. The molecule has 108 valence electrons. The molecule has 0 spiro atoms. The van der Waals surface area contributed by atoms with Crippen LogP contribution >= 0.6 is 23.4 Å². The van der Waals surface area contributed by atoms with Gasteiger partial charge < -0.3 is 5.73 Å². The van der Waals surface area contributed by atoms with E-state index in [0.29, 0.717) is 6.04 Å². The highest BCUT2D eigenvalue weighted by atomic mass is 35.5. The molecule has 0 aliphatic carbocycles. The van der Waals surface area contributed by atoms with Gasteiger partial charge in [0.1, 0.15) is 0 Å². The predicted octanol–water partition coefficient (Wildman–Crippen LogP) is 3.80.